The predicted molar refractivity (Wildman–Crippen MR) is 91.5 cm³/mol. The van der Waals surface area contributed by atoms with Gasteiger partial charge in [-0.2, -0.15) is 0 Å². The summed E-state index contributed by atoms with van der Waals surface area (Å²) in [5.74, 6) is 0. The van der Waals surface area contributed by atoms with Gasteiger partial charge in [0.05, 0.1) is 12.6 Å². The van der Waals surface area contributed by atoms with Crippen molar-refractivity contribution >= 4 is 33.3 Å². The molecule has 1 N–H and O–H groups in total. The second-order valence-corrected chi connectivity index (χ2v) is 6.77. The zero-order valence-corrected chi connectivity index (χ0v) is 14.6. The van der Waals surface area contributed by atoms with Crippen LogP contribution in [0.15, 0.2) is 46.3 Å². The lowest BCUT2D eigenvalue weighted by atomic mass is 10.1. The summed E-state index contributed by atoms with van der Waals surface area (Å²) in [5, 5.41) is 5.09. The van der Waals surface area contributed by atoms with E-state index in [2.05, 4.69) is 27.3 Å². The van der Waals surface area contributed by atoms with E-state index in [1.54, 1.807) is 11.3 Å². The lowest BCUT2D eigenvalue weighted by Crippen LogP contribution is -2.40. The van der Waals surface area contributed by atoms with Crippen molar-refractivity contribution in [3.8, 4) is 0 Å². The highest BCUT2D eigenvalue weighted by Crippen LogP contribution is 2.18. The summed E-state index contributed by atoms with van der Waals surface area (Å²) in [6, 6.07) is 12.0. The van der Waals surface area contributed by atoms with Crippen molar-refractivity contribution in [2.45, 2.75) is 26.4 Å². The minimum absolute atomic E-state index is 0.0209. The molecule has 21 heavy (non-hydrogen) atoms. The maximum atomic E-state index is 12.4. The predicted octanol–water partition coefficient (Wildman–Crippen LogP) is 4.80. The van der Waals surface area contributed by atoms with Gasteiger partial charge in [-0.05, 0) is 43.0 Å². The van der Waals surface area contributed by atoms with Gasteiger partial charge in [-0.3, -0.25) is 0 Å². The van der Waals surface area contributed by atoms with Crippen LogP contribution in [0.5, 0.6) is 0 Å². The van der Waals surface area contributed by atoms with E-state index in [-0.39, 0.29) is 12.1 Å². The molecule has 2 rings (SSSR count). The average molecular weight is 367 g/mol. The number of thiophene rings is 1. The average Bonchev–Trinajstić information content (AvgIpc) is 2.97. The summed E-state index contributed by atoms with van der Waals surface area (Å²) < 4.78 is 1.02. The van der Waals surface area contributed by atoms with Crippen molar-refractivity contribution in [1.29, 1.82) is 0 Å². The minimum atomic E-state index is -0.0293. The summed E-state index contributed by atoms with van der Waals surface area (Å²) in [5.41, 5.74) is 1.09. The van der Waals surface area contributed by atoms with Crippen LogP contribution in [-0.4, -0.2) is 17.5 Å². The molecule has 3 nitrogen and oxygen atoms in total. The summed E-state index contributed by atoms with van der Waals surface area (Å²) in [6.45, 7) is 5.34. The number of hydrogen-bond donors (Lipinski definition) is 1. The number of urea groups is 1. The molecule has 0 bridgehead atoms. The fourth-order valence-corrected chi connectivity index (χ4v) is 3.19. The third-order valence-corrected chi connectivity index (χ3v) is 4.64. The summed E-state index contributed by atoms with van der Waals surface area (Å²) in [6.07, 6.45) is 0. The van der Waals surface area contributed by atoms with E-state index >= 15 is 0 Å². The van der Waals surface area contributed by atoms with E-state index in [1.165, 1.54) is 4.88 Å². The number of nitrogens with one attached hydrogen (secondary N) is 1. The lowest BCUT2D eigenvalue weighted by Gasteiger charge is -2.23. The normalized spacial score (nSPS) is 12.0. The lowest BCUT2D eigenvalue weighted by molar-refractivity contribution is 0.195. The molecule has 1 heterocycles. The highest BCUT2D eigenvalue weighted by molar-refractivity contribution is 9.10. The molecule has 0 fully saturated rings. The molecule has 0 saturated carbocycles. The Labute approximate surface area is 138 Å². The second-order valence-electron chi connectivity index (χ2n) is 4.82. The third-order valence-electron chi connectivity index (χ3n) is 3.28. The quantitative estimate of drug-likeness (QED) is 0.809. The summed E-state index contributed by atoms with van der Waals surface area (Å²) in [4.78, 5) is 15.4. The number of carbonyl (C=O) groups excluding carboxylic acids is 1. The van der Waals surface area contributed by atoms with Gasteiger partial charge in [-0.25, -0.2) is 4.79 Å². The van der Waals surface area contributed by atoms with E-state index in [9.17, 15) is 4.79 Å². The van der Waals surface area contributed by atoms with Gasteiger partial charge >= 0.3 is 6.03 Å². The number of hydrogen-bond acceptors (Lipinski definition) is 2. The van der Waals surface area contributed by atoms with E-state index in [0.29, 0.717) is 13.1 Å². The molecule has 0 radical (unpaired) electrons. The van der Waals surface area contributed by atoms with Gasteiger partial charge in [0.25, 0.3) is 0 Å². The van der Waals surface area contributed by atoms with Crippen LogP contribution in [0.2, 0.25) is 0 Å². The number of halogens is 1. The van der Waals surface area contributed by atoms with Crippen LogP contribution in [0.25, 0.3) is 0 Å². The Morgan fingerprint density at radius 3 is 2.81 bits per heavy atom. The Kier molecular flexibility index (Phi) is 5.82. The van der Waals surface area contributed by atoms with Crippen LogP contribution in [-0.2, 0) is 6.54 Å². The molecular formula is C16H19BrN2OS. The van der Waals surface area contributed by atoms with Crippen molar-refractivity contribution in [3.05, 3.63) is 56.7 Å². The fraction of sp³-hybridized carbons (Fsp3) is 0.312. The first-order valence-electron chi connectivity index (χ1n) is 6.93. The Bertz CT molecular complexity index is 586. The van der Waals surface area contributed by atoms with E-state index in [4.69, 9.17) is 0 Å². The van der Waals surface area contributed by atoms with E-state index in [1.807, 2.05) is 54.5 Å². The molecule has 0 aliphatic carbocycles. The molecule has 0 spiro atoms. The van der Waals surface area contributed by atoms with Crippen LogP contribution in [0, 0.1) is 0 Å². The van der Waals surface area contributed by atoms with Gasteiger partial charge in [0.2, 0.25) is 0 Å². The molecule has 2 amide bonds. The maximum absolute atomic E-state index is 12.4. The van der Waals surface area contributed by atoms with Crippen LogP contribution >= 0.6 is 27.3 Å². The molecule has 5 heteroatoms. The highest BCUT2D eigenvalue weighted by Gasteiger charge is 2.16. The molecular weight excluding hydrogens is 348 g/mol. The van der Waals surface area contributed by atoms with Crippen LogP contribution < -0.4 is 5.32 Å². The Morgan fingerprint density at radius 2 is 2.19 bits per heavy atom. The zero-order chi connectivity index (χ0) is 15.2. The standard InChI is InChI=1S/C16H19BrN2OS/c1-3-19(11-15-8-5-9-21-15)16(20)18-12(2)13-6-4-7-14(17)10-13/h4-10,12H,3,11H2,1-2H3,(H,18,20). The first-order chi connectivity index (χ1) is 10.1. The first-order valence-corrected chi connectivity index (χ1v) is 8.60. The van der Waals surface area contributed by atoms with E-state index < -0.39 is 0 Å². The molecule has 2 aromatic rings. The molecule has 1 unspecified atom stereocenters. The van der Waals surface area contributed by atoms with Crippen LogP contribution in [0.1, 0.15) is 30.3 Å². The summed E-state index contributed by atoms with van der Waals surface area (Å²) >= 11 is 5.13. The van der Waals surface area contributed by atoms with E-state index in [0.717, 1.165) is 10.0 Å². The van der Waals surface area contributed by atoms with Gasteiger partial charge < -0.3 is 10.2 Å². The molecule has 0 saturated heterocycles. The number of rotatable bonds is 5. The summed E-state index contributed by atoms with van der Waals surface area (Å²) in [7, 11) is 0. The largest absolute Gasteiger partial charge is 0.331 e. The van der Waals surface area contributed by atoms with Gasteiger partial charge in [0, 0.05) is 15.9 Å². The Balaban J connectivity index is 1.98. The molecule has 0 aliphatic heterocycles. The maximum Gasteiger partial charge on any atom is 0.318 e. The molecule has 112 valence electrons. The van der Waals surface area contributed by atoms with Gasteiger partial charge in [0.1, 0.15) is 0 Å². The van der Waals surface area contributed by atoms with Gasteiger partial charge in [-0.1, -0.05) is 34.1 Å². The number of carbonyl (C=O) groups is 1. The SMILES string of the molecule is CCN(Cc1cccs1)C(=O)NC(C)c1cccc(Br)c1. The smallest absolute Gasteiger partial charge is 0.318 e. The number of benzene rings is 1. The van der Waals surface area contributed by atoms with Crippen molar-refractivity contribution in [1.82, 2.24) is 10.2 Å². The minimum Gasteiger partial charge on any atom is -0.331 e. The molecule has 1 aromatic carbocycles. The first kappa shape index (κ1) is 16.0. The van der Waals surface area contributed by atoms with Crippen LogP contribution in [0.3, 0.4) is 0 Å². The van der Waals surface area contributed by atoms with Gasteiger partial charge in [-0.15, -0.1) is 11.3 Å². The van der Waals surface area contributed by atoms with Crippen LogP contribution in [0.4, 0.5) is 4.79 Å². The van der Waals surface area contributed by atoms with Crippen molar-refractivity contribution in [2.24, 2.45) is 0 Å². The third kappa shape index (κ3) is 4.58. The van der Waals surface area contributed by atoms with Gasteiger partial charge in [0.15, 0.2) is 0 Å². The molecule has 1 atom stereocenters. The Hall–Kier alpha value is -1.33. The topological polar surface area (TPSA) is 32.3 Å². The number of nitrogens with zero attached hydrogens (tertiary/aromatic N) is 1. The van der Waals surface area contributed by atoms with Crippen molar-refractivity contribution < 1.29 is 4.79 Å². The molecule has 1 aromatic heterocycles. The highest BCUT2D eigenvalue weighted by atomic mass is 79.9. The van der Waals surface area contributed by atoms with Crippen molar-refractivity contribution in [3.63, 3.8) is 0 Å². The molecule has 0 aliphatic rings. The number of amides is 2. The monoisotopic (exact) mass is 366 g/mol. The Morgan fingerprint density at radius 1 is 1.38 bits per heavy atom. The zero-order valence-electron chi connectivity index (χ0n) is 12.2. The van der Waals surface area contributed by atoms with Crippen molar-refractivity contribution in [2.75, 3.05) is 6.54 Å². The second kappa shape index (κ2) is 7.61. The fourth-order valence-electron chi connectivity index (χ4n) is 2.05.